The Bertz CT molecular complexity index is 728. The van der Waals surface area contributed by atoms with Gasteiger partial charge in [0.15, 0.2) is 5.69 Å². The first-order valence-electron chi connectivity index (χ1n) is 10.8. The van der Waals surface area contributed by atoms with Crippen LogP contribution in [0.5, 0.6) is 0 Å². The van der Waals surface area contributed by atoms with Crippen molar-refractivity contribution in [2.24, 2.45) is 0 Å². The fourth-order valence-corrected chi connectivity index (χ4v) is 3.90. The molecule has 0 radical (unpaired) electrons. The largest absolute Gasteiger partial charge is 0.303 e. The molecule has 0 bridgehead atoms. The van der Waals surface area contributed by atoms with Gasteiger partial charge in [0.1, 0.15) is 0 Å². The number of unbranched alkanes of at least 4 members (excludes halogenated alkanes) is 1. The SMILES string of the molecule is [C-]#[N+]c1ccc(CN(CCCCN(CCC)CCC)Cc2ccc(Br)cc2)cc1. The molecule has 29 heavy (non-hydrogen) atoms. The van der Waals surface area contributed by atoms with Gasteiger partial charge in [0, 0.05) is 17.6 Å². The van der Waals surface area contributed by atoms with Crippen LogP contribution < -0.4 is 0 Å². The minimum atomic E-state index is 0.708. The molecule has 4 heteroatoms. The second kappa shape index (κ2) is 13.5. The molecule has 0 aliphatic rings. The summed E-state index contributed by atoms with van der Waals surface area (Å²) in [6, 6.07) is 16.7. The van der Waals surface area contributed by atoms with E-state index >= 15 is 0 Å². The number of hydrogen-bond donors (Lipinski definition) is 0. The van der Waals surface area contributed by atoms with Gasteiger partial charge in [0.25, 0.3) is 0 Å². The lowest BCUT2D eigenvalue weighted by atomic mass is 10.1. The van der Waals surface area contributed by atoms with E-state index in [1.165, 1.54) is 56.4 Å². The number of hydrogen-bond acceptors (Lipinski definition) is 2. The van der Waals surface area contributed by atoms with Crippen LogP contribution in [-0.4, -0.2) is 36.0 Å². The second-order valence-corrected chi connectivity index (χ2v) is 8.58. The third kappa shape index (κ3) is 9.12. The summed E-state index contributed by atoms with van der Waals surface area (Å²) in [6.07, 6.45) is 4.92. The van der Waals surface area contributed by atoms with Gasteiger partial charge in [-0.1, -0.05) is 66.2 Å². The standard InChI is InChI=1S/C25H34BrN3/c1-4-16-28(17-5-2)18-6-7-19-29(20-22-8-12-24(26)13-9-22)21-23-10-14-25(27-3)15-11-23/h8-15H,4-7,16-21H2,1-2H3. The third-order valence-electron chi connectivity index (χ3n) is 5.07. The van der Waals surface area contributed by atoms with Crippen molar-refractivity contribution in [2.75, 3.05) is 26.2 Å². The van der Waals surface area contributed by atoms with Crippen LogP contribution >= 0.6 is 15.9 Å². The van der Waals surface area contributed by atoms with Gasteiger partial charge < -0.3 is 4.90 Å². The number of benzene rings is 2. The van der Waals surface area contributed by atoms with Crippen LogP contribution in [0.1, 0.15) is 50.7 Å². The fourth-order valence-electron chi connectivity index (χ4n) is 3.63. The second-order valence-electron chi connectivity index (χ2n) is 7.66. The van der Waals surface area contributed by atoms with Crippen LogP contribution in [0.4, 0.5) is 5.69 Å². The van der Waals surface area contributed by atoms with Crippen LogP contribution in [0.15, 0.2) is 53.0 Å². The van der Waals surface area contributed by atoms with E-state index in [-0.39, 0.29) is 0 Å². The Labute approximate surface area is 185 Å². The molecule has 0 heterocycles. The number of halogens is 1. The predicted molar refractivity (Wildman–Crippen MR) is 127 cm³/mol. The molecule has 0 saturated heterocycles. The van der Waals surface area contributed by atoms with Crippen LogP contribution in [0, 0.1) is 6.57 Å². The third-order valence-corrected chi connectivity index (χ3v) is 5.60. The summed E-state index contributed by atoms with van der Waals surface area (Å²) < 4.78 is 1.12. The summed E-state index contributed by atoms with van der Waals surface area (Å²) in [5, 5.41) is 0. The van der Waals surface area contributed by atoms with E-state index in [4.69, 9.17) is 6.57 Å². The first kappa shape index (κ1) is 23.6. The maximum Gasteiger partial charge on any atom is 0.187 e. The summed E-state index contributed by atoms with van der Waals surface area (Å²) in [7, 11) is 0. The van der Waals surface area contributed by atoms with Crippen molar-refractivity contribution in [1.82, 2.24) is 9.80 Å². The van der Waals surface area contributed by atoms with Crippen molar-refractivity contribution in [3.8, 4) is 0 Å². The minimum absolute atomic E-state index is 0.708. The molecular formula is C25H34BrN3. The summed E-state index contributed by atoms with van der Waals surface area (Å²) in [4.78, 5) is 8.63. The van der Waals surface area contributed by atoms with E-state index in [1.807, 2.05) is 12.1 Å². The Hall–Kier alpha value is -1.67. The van der Waals surface area contributed by atoms with Gasteiger partial charge in [-0.15, -0.1) is 0 Å². The van der Waals surface area contributed by atoms with Crippen molar-refractivity contribution < 1.29 is 0 Å². The molecule has 0 aromatic heterocycles. The Morgan fingerprint density at radius 2 is 1.21 bits per heavy atom. The number of nitrogens with zero attached hydrogens (tertiary/aromatic N) is 3. The predicted octanol–water partition coefficient (Wildman–Crippen LogP) is 6.90. The van der Waals surface area contributed by atoms with E-state index in [9.17, 15) is 0 Å². The van der Waals surface area contributed by atoms with Crippen molar-refractivity contribution >= 4 is 21.6 Å². The summed E-state index contributed by atoms with van der Waals surface area (Å²) in [5.41, 5.74) is 3.32. The molecule has 0 amide bonds. The zero-order chi connectivity index (χ0) is 20.9. The first-order chi connectivity index (χ1) is 14.1. The Morgan fingerprint density at radius 1 is 0.724 bits per heavy atom. The van der Waals surface area contributed by atoms with E-state index in [0.29, 0.717) is 5.69 Å². The summed E-state index contributed by atoms with van der Waals surface area (Å²) in [6.45, 7) is 18.3. The number of rotatable bonds is 13. The van der Waals surface area contributed by atoms with Gasteiger partial charge in [-0.3, -0.25) is 4.90 Å². The molecule has 0 saturated carbocycles. The first-order valence-corrected chi connectivity index (χ1v) is 11.6. The Balaban J connectivity index is 1.94. The average Bonchev–Trinajstić information content (AvgIpc) is 2.73. The molecule has 0 spiro atoms. The smallest absolute Gasteiger partial charge is 0.187 e. The van der Waals surface area contributed by atoms with Gasteiger partial charge >= 0.3 is 0 Å². The minimum Gasteiger partial charge on any atom is -0.303 e. The van der Waals surface area contributed by atoms with Crippen LogP contribution in [0.3, 0.4) is 0 Å². The topological polar surface area (TPSA) is 10.8 Å². The summed E-state index contributed by atoms with van der Waals surface area (Å²) in [5.74, 6) is 0. The molecule has 0 unspecified atom stereocenters. The van der Waals surface area contributed by atoms with Gasteiger partial charge in [-0.25, -0.2) is 4.85 Å². The molecule has 3 nitrogen and oxygen atoms in total. The van der Waals surface area contributed by atoms with Gasteiger partial charge in [-0.05, 0) is 75.1 Å². The van der Waals surface area contributed by atoms with E-state index in [0.717, 1.165) is 24.1 Å². The van der Waals surface area contributed by atoms with Gasteiger partial charge in [0.05, 0.1) is 6.57 Å². The van der Waals surface area contributed by atoms with Gasteiger partial charge in [-0.2, -0.15) is 0 Å². The van der Waals surface area contributed by atoms with Crippen molar-refractivity contribution in [2.45, 2.75) is 52.6 Å². The molecule has 2 aromatic rings. The highest BCUT2D eigenvalue weighted by Gasteiger charge is 2.09. The molecule has 156 valence electrons. The van der Waals surface area contributed by atoms with Crippen molar-refractivity contribution in [3.63, 3.8) is 0 Å². The van der Waals surface area contributed by atoms with E-state index < -0.39 is 0 Å². The lowest BCUT2D eigenvalue weighted by molar-refractivity contribution is 0.231. The zero-order valence-corrected chi connectivity index (χ0v) is 19.5. The molecule has 0 N–H and O–H groups in total. The maximum atomic E-state index is 7.13. The van der Waals surface area contributed by atoms with Crippen LogP contribution in [0.25, 0.3) is 4.85 Å². The molecule has 0 aliphatic heterocycles. The zero-order valence-electron chi connectivity index (χ0n) is 17.9. The normalized spacial score (nSPS) is 11.2. The molecule has 2 aromatic carbocycles. The highest BCUT2D eigenvalue weighted by molar-refractivity contribution is 9.10. The van der Waals surface area contributed by atoms with Crippen LogP contribution in [-0.2, 0) is 13.1 Å². The van der Waals surface area contributed by atoms with Crippen LogP contribution in [0.2, 0.25) is 0 Å². The molecular weight excluding hydrogens is 422 g/mol. The summed E-state index contributed by atoms with van der Waals surface area (Å²) >= 11 is 3.53. The van der Waals surface area contributed by atoms with Crippen molar-refractivity contribution in [3.05, 3.63) is 75.5 Å². The Kier molecular flexibility index (Phi) is 11.0. The van der Waals surface area contributed by atoms with E-state index in [2.05, 4.69) is 80.8 Å². The lowest BCUT2D eigenvalue weighted by Crippen LogP contribution is -2.28. The fraction of sp³-hybridized carbons (Fsp3) is 0.480. The highest BCUT2D eigenvalue weighted by atomic mass is 79.9. The van der Waals surface area contributed by atoms with E-state index in [1.54, 1.807) is 0 Å². The monoisotopic (exact) mass is 455 g/mol. The highest BCUT2D eigenvalue weighted by Crippen LogP contribution is 2.17. The molecule has 0 atom stereocenters. The lowest BCUT2D eigenvalue weighted by Gasteiger charge is -2.24. The quantitative estimate of drug-likeness (QED) is 0.240. The average molecular weight is 456 g/mol. The molecule has 2 rings (SSSR count). The molecule has 0 fully saturated rings. The molecule has 0 aliphatic carbocycles. The van der Waals surface area contributed by atoms with Crippen molar-refractivity contribution in [1.29, 1.82) is 0 Å². The Morgan fingerprint density at radius 3 is 1.69 bits per heavy atom. The maximum absolute atomic E-state index is 7.13. The van der Waals surface area contributed by atoms with Gasteiger partial charge in [0.2, 0.25) is 0 Å².